The lowest BCUT2D eigenvalue weighted by Crippen LogP contribution is -1.82. The number of nitrogens with zero attached hydrogens (tertiary/aromatic N) is 1. The predicted molar refractivity (Wildman–Crippen MR) is 93.1 cm³/mol. The number of allylic oxidation sites excluding steroid dienone is 4. The van der Waals surface area contributed by atoms with Crippen LogP contribution in [0.2, 0.25) is 0 Å². The van der Waals surface area contributed by atoms with Crippen LogP contribution in [0.25, 0.3) is 16.8 Å². The smallest absolute Gasteiger partial charge is 0.0886 e. The van der Waals surface area contributed by atoms with Crippen molar-refractivity contribution in [1.29, 1.82) is 0 Å². The summed E-state index contributed by atoms with van der Waals surface area (Å²) in [5, 5.41) is 7.53. The van der Waals surface area contributed by atoms with Gasteiger partial charge < -0.3 is 0 Å². The minimum atomic E-state index is 0.979. The van der Waals surface area contributed by atoms with Gasteiger partial charge in [0.15, 0.2) is 0 Å². The quantitative estimate of drug-likeness (QED) is 0.683. The SMILES string of the molecule is CC.CC/C=C\C=C(/CC)c1cc(-c2ccccc2)[nH]n1. The van der Waals surface area contributed by atoms with E-state index in [1.54, 1.807) is 0 Å². The van der Waals surface area contributed by atoms with Gasteiger partial charge in [0.2, 0.25) is 0 Å². The van der Waals surface area contributed by atoms with Crippen molar-refractivity contribution >= 4 is 5.57 Å². The number of aromatic nitrogens is 2. The number of aromatic amines is 1. The Hall–Kier alpha value is -2.09. The first-order valence-corrected chi connectivity index (χ1v) is 7.82. The molecular formula is C19H26N2. The Bertz CT molecular complexity index is 562. The maximum atomic E-state index is 4.42. The van der Waals surface area contributed by atoms with Crippen LogP contribution in [0.3, 0.4) is 0 Å². The second-order valence-electron chi connectivity index (χ2n) is 4.41. The van der Waals surface area contributed by atoms with Gasteiger partial charge in [-0.3, -0.25) is 5.10 Å². The molecule has 0 aliphatic heterocycles. The topological polar surface area (TPSA) is 28.7 Å². The number of rotatable bonds is 5. The molecule has 0 fully saturated rings. The molecule has 0 unspecified atom stereocenters. The fraction of sp³-hybridized carbons (Fsp3) is 0.316. The number of hydrogen-bond donors (Lipinski definition) is 1. The van der Waals surface area contributed by atoms with E-state index in [1.807, 2.05) is 32.0 Å². The Morgan fingerprint density at radius 1 is 1.14 bits per heavy atom. The summed E-state index contributed by atoms with van der Waals surface area (Å²) in [6.45, 7) is 8.29. The average molecular weight is 282 g/mol. The summed E-state index contributed by atoms with van der Waals surface area (Å²) >= 11 is 0. The summed E-state index contributed by atoms with van der Waals surface area (Å²) in [5.74, 6) is 0. The van der Waals surface area contributed by atoms with Crippen LogP contribution in [-0.4, -0.2) is 10.2 Å². The second-order valence-corrected chi connectivity index (χ2v) is 4.41. The Balaban J connectivity index is 0.00000106. The van der Waals surface area contributed by atoms with Gasteiger partial charge in [0.25, 0.3) is 0 Å². The molecule has 0 saturated carbocycles. The van der Waals surface area contributed by atoms with Crippen LogP contribution in [0.4, 0.5) is 0 Å². The molecule has 0 amide bonds. The molecule has 21 heavy (non-hydrogen) atoms. The minimum Gasteiger partial charge on any atom is -0.277 e. The molecule has 2 heteroatoms. The zero-order valence-electron chi connectivity index (χ0n) is 13.6. The fourth-order valence-electron chi connectivity index (χ4n) is 1.96. The van der Waals surface area contributed by atoms with Crippen molar-refractivity contribution in [3.8, 4) is 11.3 Å². The molecule has 0 bridgehead atoms. The Morgan fingerprint density at radius 3 is 2.48 bits per heavy atom. The molecule has 2 aromatic rings. The lowest BCUT2D eigenvalue weighted by atomic mass is 10.1. The standard InChI is InChI=1S/C17H20N2.C2H6/c1-3-5-7-10-14(4-2)16-13-17(19-18-16)15-11-8-6-9-12-15;1-2/h5-13H,3-4H2,1-2H3,(H,18,19);1-2H3/b7-5-,14-10+;. The van der Waals surface area contributed by atoms with Crippen molar-refractivity contribution in [3.63, 3.8) is 0 Å². The second kappa shape index (κ2) is 9.76. The molecule has 0 aliphatic rings. The van der Waals surface area contributed by atoms with Crippen LogP contribution in [0.1, 0.15) is 46.2 Å². The Morgan fingerprint density at radius 2 is 1.86 bits per heavy atom. The van der Waals surface area contributed by atoms with Gasteiger partial charge in [-0.25, -0.2) is 0 Å². The van der Waals surface area contributed by atoms with Crippen molar-refractivity contribution in [2.75, 3.05) is 0 Å². The maximum Gasteiger partial charge on any atom is 0.0886 e. The monoisotopic (exact) mass is 282 g/mol. The van der Waals surface area contributed by atoms with Crippen LogP contribution in [0, 0.1) is 0 Å². The third-order valence-corrected chi connectivity index (χ3v) is 3.04. The highest BCUT2D eigenvalue weighted by molar-refractivity contribution is 5.69. The van der Waals surface area contributed by atoms with Crippen molar-refractivity contribution in [3.05, 3.63) is 60.3 Å². The minimum absolute atomic E-state index is 0.979. The number of H-pyrrole nitrogens is 1. The van der Waals surface area contributed by atoms with Crippen molar-refractivity contribution in [2.24, 2.45) is 0 Å². The highest BCUT2D eigenvalue weighted by Gasteiger charge is 2.05. The van der Waals surface area contributed by atoms with E-state index in [9.17, 15) is 0 Å². The van der Waals surface area contributed by atoms with E-state index >= 15 is 0 Å². The zero-order chi connectivity index (χ0) is 15.5. The highest BCUT2D eigenvalue weighted by Crippen LogP contribution is 2.22. The van der Waals surface area contributed by atoms with Gasteiger partial charge in [0, 0.05) is 0 Å². The molecular weight excluding hydrogens is 256 g/mol. The summed E-state index contributed by atoms with van der Waals surface area (Å²) in [7, 11) is 0. The van der Waals surface area contributed by atoms with Crippen LogP contribution in [-0.2, 0) is 0 Å². The molecule has 1 aromatic carbocycles. The predicted octanol–water partition coefficient (Wildman–Crippen LogP) is 5.86. The average Bonchev–Trinajstić information content (AvgIpc) is 3.04. The fourth-order valence-corrected chi connectivity index (χ4v) is 1.96. The van der Waals surface area contributed by atoms with Crippen LogP contribution in [0.5, 0.6) is 0 Å². The van der Waals surface area contributed by atoms with E-state index in [0.29, 0.717) is 0 Å². The summed E-state index contributed by atoms with van der Waals surface area (Å²) in [5.41, 5.74) is 4.51. The normalized spacial score (nSPS) is 11.3. The Kier molecular flexibility index (Phi) is 7.88. The molecule has 0 spiro atoms. The first-order chi connectivity index (χ1) is 10.3. The van der Waals surface area contributed by atoms with Gasteiger partial charge in [-0.1, -0.05) is 76.3 Å². The molecule has 0 saturated heterocycles. The first kappa shape index (κ1) is 17.0. The van der Waals surface area contributed by atoms with E-state index in [4.69, 9.17) is 0 Å². The Labute approximate surface area is 128 Å². The van der Waals surface area contributed by atoms with E-state index < -0.39 is 0 Å². The van der Waals surface area contributed by atoms with Gasteiger partial charge in [-0.05, 0) is 30.0 Å². The molecule has 0 aliphatic carbocycles. The summed E-state index contributed by atoms with van der Waals surface area (Å²) in [4.78, 5) is 0. The van der Waals surface area contributed by atoms with Gasteiger partial charge in [0.1, 0.15) is 0 Å². The molecule has 112 valence electrons. The lowest BCUT2D eigenvalue weighted by molar-refractivity contribution is 1.06. The maximum absolute atomic E-state index is 4.42. The van der Waals surface area contributed by atoms with E-state index in [2.05, 4.69) is 60.5 Å². The molecule has 0 radical (unpaired) electrons. The summed E-state index contributed by atoms with van der Waals surface area (Å²) < 4.78 is 0. The van der Waals surface area contributed by atoms with Gasteiger partial charge >= 0.3 is 0 Å². The van der Waals surface area contributed by atoms with Crippen LogP contribution >= 0.6 is 0 Å². The zero-order valence-corrected chi connectivity index (χ0v) is 13.6. The first-order valence-electron chi connectivity index (χ1n) is 7.82. The largest absolute Gasteiger partial charge is 0.277 e. The highest BCUT2D eigenvalue weighted by atomic mass is 15.1. The summed E-state index contributed by atoms with van der Waals surface area (Å²) in [6.07, 6.45) is 8.45. The van der Waals surface area contributed by atoms with Gasteiger partial charge in [0.05, 0.1) is 11.4 Å². The number of hydrogen-bond acceptors (Lipinski definition) is 1. The number of nitrogens with one attached hydrogen (secondary N) is 1. The van der Waals surface area contributed by atoms with Crippen LogP contribution in [0.15, 0.2) is 54.6 Å². The molecule has 2 rings (SSSR count). The summed E-state index contributed by atoms with van der Waals surface area (Å²) in [6, 6.07) is 12.4. The number of benzene rings is 1. The van der Waals surface area contributed by atoms with E-state index in [1.165, 1.54) is 11.1 Å². The third-order valence-electron chi connectivity index (χ3n) is 3.04. The molecule has 2 nitrogen and oxygen atoms in total. The molecule has 0 atom stereocenters. The van der Waals surface area contributed by atoms with Crippen molar-refractivity contribution < 1.29 is 0 Å². The molecule has 1 aromatic heterocycles. The lowest BCUT2D eigenvalue weighted by Gasteiger charge is -1.97. The van der Waals surface area contributed by atoms with Gasteiger partial charge in [-0.2, -0.15) is 5.10 Å². The van der Waals surface area contributed by atoms with E-state index in [-0.39, 0.29) is 0 Å². The molecule has 1 N–H and O–H groups in total. The van der Waals surface area contributed by atoms with Crippen LogP contribution < -0.4 is 0 Å². The van der Waals surface area contributed by atoms with Crippen molar-refractivity contribution in [2.45, 2.75) is 40.5 Å². The van der Waals surface area contributed by atoms with E-state index in [0.717, 1.165) is 24.2 Å². The van der Waals surface area contributed by atoms with Gasteiger partial charge in [-0.15, -0.1) is 0 Å². The molecule has 1 heterocycles. The third kappa shape index (κ3) is 5.07. The van der Waals surface area contributed by atoms with Crippen molar-refractivity contribution in [1.82, 2.24) is 10.2 Å².